The maximum atomic E-state index is 12.8. The van der Waals surface area contributed by atoms with E-state index in [1.165, 1.54) is 12.1 Å². The number of aliphatic hydroxyl groups is 1. The average Bonchev–Trinajstić information content (AvgIpc) is 2.85. The highest BCUT2D eigenvalue weighted by Gasteiger charge is 2.51. The molecule has 25 heavy (non-hydrogen) atoms. The number of phenols is 1. The van der Waals surface area contributed by atoms with Gasteiger partial charge in [0.15, 0.2) is 0 Å². The van der Waals surface area contributed by atoms with E-state index in [0.29, 0.717) is 16.8 Å². The fraction of sp³-hybridized carbons (Fsp3) is 0.444. The van der Waals surface area contributed by atoms with Crippen LogP contribution in [0.4, 0.5) is 0 Å². The molecule has 0 aliphatic heterocycles. The number of ether oxygens (including phenoxy) is 1. The van der Waals surface area contributed by atoms with Crippen LogP contribution >= 0.6 is 0 Å². The maximum Gasteiger partial charge on any atom is 0.313 e. The molecular weight excluding hydrogens is 324 g/mol. The molecule has 3 rings (SSSR count). The number of carbonyl (C=O) groups excluding carboxylic acids is 1. The number of H-pyrrole nitrogens is 2. The first-order chi connectivity index (χ1) is 11.7. The highest BCUT2D eigenvalue weighted by atomic mass is 16.5. The van der Waals surface area contributed by atoms with Crippen LogP contribution in [-0.4, -0.2) is 38.1 Å². The second-order valence-electron chi connectivity index (χ2n) is 7.04. The highest BCUT2D eigenvalue weighted by Crippen LogP contribution is 2.44. The van der Waals surface area contributed by atoms with Crippen molar-refractivity contribution < 1.29 is 19.7 Å². The third kappa shape index (κ3) is 3.07. The Morgan fingerprint density at radius 3 is 2.52 bits per heavy atom. The third-order valence-corrected chi connectivity index (χ3v) is 4.60. The van der Waals surface area contributed by atoms with E-state index in [2.05, 4.69) is 10.2 Å². The topological polar surface area (TPSA) is 115 Å². The van der Waals surface area contributed by atoms with Gasteiger partial charge in [-0.05, 0) is 38.5 Å². The number of aromatic amines is 2. The number of nitrogens with one attached hydrogen (secondary N) is 2. The van der Waals surface area contributed by atoms with Crippen molar-refractivity contribution in [2.45, 2.75) is 44.8 Å². The molecule has 3 atom stereocenters. The monoisotopic (exact) mass is 346 g/mol. The Bertz CT molecular complexity index is 832. The number of fused-ring (bicyclic) bond motifs is 1. The predicted octanol–water partition coefficient (Wildman–Crippen LogP) is 1.42. The molecule has 1 aliphatic rings. The van der Waals surface area contributed by atoms with Crippen LogP contribution in [0.3, 0.4) is 0 Å². The molecule has 134 valence electrons. The van der Waals surface area contributed by atoms with Gasteiger partial charge in [-0.1, -0.05) is 12.1 Å². The molecule has 0 amide bonds. The van der Waals surface area contributed by atoms with E-state index in [9.17, 15) is 19.8 Å². The zero-order chi connectivity index (χ0) is 18.4. The van der Waals surface area contributed by atoms with Crippen molar-refractivity contribution in [2.24, 2.45) is 5.92 Å². The Labute approximate surface area is 144 Å². The highest BCUT2D eigenvalue weighted by molar-refractivity contribution is 5.77. The van der Waals surface area contributed by atoms with Crippen LogP contribution in [0.25, 0.3) is 0 Å². The first-order valence-electron chi connectivity index (χ1n) is 8.22. The maximum absolute atomic E-state index is 12.8. The van der Waals surface area contributed by atoms with Gasteiger partial charge >= 0.3 is 5.97 Å². The zero-order valence-electron chi connectivity index (χ0n) is 14.4. The standard InChI is InChI=1S/C18H22N2O5/c1-9(2)25-17(23)15-13(10-4-6-11(21)7-5-10)14-12(8-18(15,3)24)19-20-16(14)22/h4-7,9,13,15,21,24H,8H2,1-3H3,(H2,19,20,22)/t13-,15+,18+/m1/s1. The molecule has 1 heterocycles. The van der Waals surface area contributed by atoms with Gasteiger partial charge in [0, 0.05) is 23.6 Å². The molecule has 1 aliphatic carbocycles. The summed E-state index contributed by atoms with van der Waals surface area (Å²) in [5, 5.41) is 25.8. The smallest absolute Gasteiger partial charge is 0.313 e. The quantitative estimate of drug-likeness (QED) is 0.627. The molecule has 0 radical (unpaired) electrons. The van der Waals surface area contributed by atoms with E-state index in [-0.39, 0.29) is 23.8 Å². The molecular formula is C18H22N2O5. The van der Waals surface area contributed by atoms with Gasteiger partial charge in [-0.3, -0.25) is 14.7 Å². The molecule has 0 saturated carbocycles. The summed E-state index contributed by atoms with van der Waals surface area (Å²) in [5.41, 5.74) is -0.0857. The van der Waals surface area contributed by atoms with Crippen molar-refractivity contribution in [3.8, 4) is 5.75 Å². The first-order valence-corrected chi connectivity index (χ1v) is 8.22. The Morgan fingerprint density at radius 2 is 1.92 bits per heavy atom. The predicted molar refractivity (Wildman–Crippen MR) is 90.4 cm³/mol. The lowest BCUT2D eigenvalue weighted by atomic mass is 9.66. The number of hydrogen-bond donors (Lipinski definition) is 4. The van der Waals surface area contributed by atoms with Crippen LogP contribution in [0, 0.1) is 5.92 Å². The van der Waals surface area contributed by atoms with Crippen LogP contribution in [0.1, 0.15) is 43.5 Å². The molecule has 0 unspecified atom stereocenters. The minimum Gasteiger partial charge on any atom is -0.508 e. The van der Waals surface area contributed by atoms with Gasteiger partial charge in [0.05, 0.1) is 17.6 Å². The molecule has 2 aromatic rings. The van der Waals surface area contributed by atoms with E-state index < -0.39 is 23.4 Å². The number of carbonyl (C=O) groups is 1. The van der Waals surface area contributed by atoms with Gasteiger partial charge in [-0.25, -0.2) is 0 Å². The van der Waals surface area contributed by atoms with Crippen molar-refractivity contribution in [3.05, 3.63) is 51.4 Å². The van der Waals surface area contributed by atoms with Crippen molar-refractivity contribution in [2.75, 3.05) is 0 Å². The largest absolute Gasteiger partial charge is 0.508 e. The summed E-state index contributed by atoms with van der Waals surface area (Å²) < 4.78 is 5.36. The van der Waals surface area contributed by atoms with Gasteiger partial charge in [0.2, 0.25) is 0 Å². The molecule has 0 spiro atoms. The van der Waals surface area contributed by atoms with E-state index in [4.69, 9.17) is 4.74 Å². The van der Waals surface area contributed by atoms with Crippen molar-refractivity contribution in [3.63, 3.8) is 0 Å². The van der Waals surface area contributed by atoms with Crippen LogP contribution in [0.5, 0.6) is 5.75 Å². The summed E-state index contributed by atoms with van der Waals surface area (Å²) in [7, 11) is 0. The summed E-state index contributed by atoms with van der Waals surface area (Å²) in [6, 6.07) is 6.27. The molecule has 1 aromatic carbocycles. The second kappa shape index (κ2) is 6.07. The number of esters is 1. The fourth-order valence-electron chi connectivity index (χ4n) is 3.60. The molecule has 0 bridgehead atoms. The van der Waals surface area contributed by atoms with Crippen LogP contribution in [0.15, 0.2) is 29.1 Å². The van der Waals surface area contributed by atoms with Crippen LogP contribution in [-0.2, 0) is 16.0 Å². The molecule has 1 aromatic heterocycles. The van der Waals surface area contributed by atoms with Gasteiger partial charge in [0.1, 0.15) is 5.75 Å². The normalized spacial score (nSPS) is 25.6. The number of hydrogen-bond acceptors (Lipinski definition) is 5. The van der Waals surface area contributed by atoms with Crippen molar-refractivity contribution >= 4 is 5.97 Å². The second-order valence-corrected chi connectivity index (χ2v) is 7.04. The lowest BCUT2D eigenvalue weighted by Gasteiger charge is -2.40. The lowest BCUT2D eigenvalue weighted by molar-refractivity contribution is -0.163. The Morgan fingerprint density at radius 1 is 1.28 bits per heavy atom. The fourth-order valence-corrected chi connectivity index (χ4v) is 3.60. The number of aromatic nitrogens is 2. The van der Waals surface area contributed by atoms with Crippen molar-refractivity contribution in [1.82, 2.24) is 10.2 Å². The van der Waals surface area contributed by atoms with Gasteiger partial charge in [-0.2, -0.15) is 0 Å². The van der Waals surface area contributed by atoms with Crippen molar-refractivity contribution in [1.29, 1.82) is 0 Å². The van der Waals surface area contributed by atoms with Gasteiger partial charge < -0.3 is 20.0 Å². The van der Waals surface area contributed by atoms with E-state index in [0.717, 1.165) is 0 Å². The van der Waals surface area contributed by atoms with Crippen LogP contribution < -0.4 is 5.56 Å². The molecule has 7 heteroatoms. The summed E-state index contributed by atoms with van der Waals surface area (Å²) in [6.45, 7) is 5.04. The number of benzene rings is 1. The Kier molecular flexibility index (Phi) is 4.20. The van der Waals surface area contributed by atoms with Gasteiger partial charge in [0.25, 0.3) is 5.56 Å². The van der Waals surface area contributed by atoms with E-state index >= 15 is 0 Å². The lowest BCUT2D eigenvalue weighted by Crippen LogP contribution is -2.50. The number of aromatic hydroxyl groups is 1. The first kappa shape index (κ1) is 17.3. The molecule has 4 N–H and O–H groups in total. The Hall–Kier alpha value is -2.54. The summed E-state index contributed by atoms with van der Waals surface area (Å²) in [4.78, 5) is 25.1. The van der Waals surface area contributed by atoms with E-state index in [1.54, 1.807) is 32.9 Å². The number of rotatable bonds is 3. The van der Waals surface area contributed by atoms with Crippen LogP contribution in [0.2, 0.25) is 0 Å². The molecule has 0 saturated heterocycles. The Balaban J connectivity index is 2.18. The summed E-state index contributed by atoms with van der Waals surface area (Å²) in [6.07, 6.45) is -0.206. The summed E-state index contributed by atoms with van der Waals surface area (Å²) in [5.74, 6) is -2.09. The average molecular weight is 346 g/mol. The zero-order valence-corrected chi connectivity index (χ0v) is 14.4. The van der Waals surface area contributed by atoms with Gasteiger partial charge in [-0.15, -0.1) is 0 Å². The SMILES string of the molecule is CC(C)OC(=O)[C@@H]1[C@H](c2ccc(O)cc2)c2c([nH][nH]c2=O)C[C@]1(C)O. The minimum absolute atomic E-state index is 0.0795. The third-order valence-electron chi connectivity index (χ3n) is 4.60. The molecule has 7 nitrogen and oxygen atoms in total. The minimum atomic E-state index is -1.40. The van der Waals surface area contributed by atoms with E-state index in [1.807, 2.05) is 0 Å². The molecule has 0 fully saturated rings. The summed E-state index contributed by atoms with van der Waals surface area (Å²) >= 11 is 0. The number of phenolic OH excluding ortho intramolecular Hbond substituents is 1.